The molecule has 0 fully saturated rings. The van der Waals surface area contributed by atoms with Crippen LogP contribution in [0.1, 0.15) is 33.1 Å². The largest absolute Gasteiger partial charge is 0.466 e. The fraction of sp³-hybridized carbons (Fsp3) is 0.150. The summed E-state index contributed by atoms with van der Waals surface area (Å²) in [5, 5.41) is 4.80. The van der Waals surface area contributed by atoms with Gasteiger partial charge in [0.2, 0.25) is 0 Å². The van der Waals surface area contributed by atoms with E-state index in [4.69, 9.17) is 16.0 Å². The zero-order valence-electron chi connectivity index (χ0n) is 15.6. The third kappa shape index (κ3) is 4.15. The third-order valence-corrected chi connectivity index (χ3v) is 4.40. The first kappa shape index (κ1) is 19.4. The van der Waals surface area contributed by atoms with Crippen LogP contribution in [0.25, 0.3) is 11.8 Å². The van der Waals surface area contributed by atoms with E-state index in [-0.39, 0.29) is 0 Å². The Kier molecular flexibility index (Phi) is 5.65. The van der Waals surface area contributed by atoms with Crippen molar-refractivity contribution in [2.75, 3.05) is 0 Å². The summed E-state index contributed by atoms with van der Waals surface area (Å²) < 4.78 is 6.90. The molecule has 0 atom stereocenters. The van der Waals surface area contributed by atoms with Crippen molar-refractivity contribution in [1.29, 1.82) is 0 Å². The van der Waals surface area contributed by atoms with Crippen LogP contribution in [-0.2, 0) is 4.79 Å². The number of rotatable bonds is 4. The molecule has 0 unspecified atom stereocenters. The molecule has 0 aliphatic heterocycles. The number of carbonyl (C=O) groups excluding carboxylic acids is 2. The van der Waals surface area contributed by atoms with Crippen molar-refractivity contribution >= 4 is 29.5 Å². The van der Waals surface area contributed by atoms with E-state index in [9.17, 15) is 9.59 Å². The van der Waals surface area contributed by atoms with Gasteiger partial charge in [-0.3, -0.25) is 20.4 Å². The summed E-state index contributed by atoms with van der Waals surface area (Å²) in [4.78, 5) is 24.1. The van der Waals surface area contributed by atoms with E-state index in [1.54, 1.807) is 37.6 Å². The first-order valence-corrected chi connectivity index (χ1v) is 8.90. The Labute approximate surface area is 167 Å². The van der Waals surface area contributed by atoms with E-state index in [0.29, 0.717) is 33.5 Å². The van der Waals surface area contributed by atoms with Crippen molar-refractivity contribution in [2.45, 2.75) is 20.8 Å². The number of furan rings is 1. The number of aryl methyl sites for hydroxylation is 3. The van der Waals surface area contributed by atoms with Crippen molar-refractivity contribution in [1.82, 2.24) is 20.6 Å². The molecule has 2 amide bonds. The fourth-order valence-electron chi connectivity index (χ4n) is 2.68. The first-order valence-electron chi connectivity index (χ1n) is 8.53. The molecule has 0 saturated heterocycles. The number of hydrazine groups is 1. The molecule has 0 radical (unpaired) electrons. The van der Waals surface area contributed by atoms with E-state index in [0.717, 1.165) is 5.69 Å². The summed E-state index contributed by atoms with van der Waals surface area (Å²) in [5.41, 5.74) is 7.15. The van der Waals surface area contributed by atoms with Crippen LogP contribution in [0.3, 0.4) is 0 Å². The van der Waals surface area contributed by atoms with Crippen molar-refractivity contribution in [3.8, 4) is 5.69 Å². The van der Waals surface area contributed by atoms with Crippen LogP contribution in [0, 0.1) is 20.8 Å². The van der Waals surface area contributed by atoms with Crippen LogP contribution in [0.15, 0.2) is 46.9 Å². The van der Waals surface area contributed by atoms with Gasteiger partial charge in [-0.2, -0.15) is 5.10 Å². The van der Waals surface area contributed by atoms with Gasteiger partial charge in [0, 0.05) is 11.6 Å². The van der Waals surface area contributed by atoms with E-state index < -0.39 is 11.8 Å². The number of hydrogen-bond acceptors (Lipinski definition) is 4. The predicted octanol–water partition coefficient (Wildman–Crippen LogP) is 3.52. The Bertz CT molecular complexity index is 1050. The second-order valence-electron chi connectivity index (χ2n) is 6.14. The molecule has 28 heavy (non-hydrogen) atoms. The maximum Gasteiger partial charge on any atom is 0.273 e. The number of para-hydroxylation sites is 1. The molecule has 0 spiro atoms. The van der Waals surface area contributed by atoms with Crippen LogP contribution < -0.4 is 10.9 Å². The Morgan fingerprint density at radius 3 is 2.50 bits per heavy atom. The lowest BCUT2D eigenvalue weighted by molar-refractivity contribution is -0.117. The quantitative estimate of drug-likeness (QED) is 0.519. The Morgan fingerprint density at radius 1 is 1.14 bits per heavy atom. The first-order chi connectivity index (χ1) is 13.4. The van der Waals surface area contributed by atoms with Crippen LogP contribution in [0.4, 0.5) is 0 Å². The predicted molar refractivity (Wildman–Crippen MR) is 106 cm³/mol. The van der Waals surface area contributed by atoms with Gasteiger partial charge >= 0.3 is 0 Å². The average molecular weight is 399 g/mol. The lowest BCUT2D eigenvalue weighted by Gasteiger charge is -2.04. The highest BCUT2D eigenvalue weighted by molar-refractivity contribution is 6.31. The minimum absolute atomic E-state index is 0.366. The molecule has 0 saturated carbocycles. The van der Waals surface area contributed by atoms with Gasteiger partial charge in [-0.15, -0.1) is 0 Å². The summed E-state index contributed by atoms with van der Waals surface area (Å²) in [6.07, 6.45) is 2.83. The number of nitrogens with zero attached hydrogens (tertiary/aromatic N) is 2. The Morgan fingerprint density at radius 2 is 1.86 bits per heavy atom. The highest BCUT2D eigenvalue weighted by Crippen LogP contribution is 2.24. The second-order valence-corrected chi connectivity index (χ2v) is 6.50. The normalized spacial score (nSPS) is 11.0. The van der Waals surface area contributed by atoms with Crippen molar-refractivity contribution < 1.29 is 14.0 Å². The lowest BCUT2D eigenvalue weighted by atomic mass is 10.2. The van der Waals surface area contributed by atoms with Crippen molar-refractivity contribution in [3.63, 3.8) is 0 Å². The van der Waals surface area contributed by atoms with Gasteiger partial charge < -0.3 is 4.42 Å². The van der Waals surface area contributed by atoms with Crippen LogP contribution in [-0.4, -0.2) is 21.6 Å². The summed E-state index contributed by atoms with van der Waals surface area (Å²) in [6, 6.07) is 11.0. The highest BCUT2D eigenvalue weighted by atomic mass is 35.5. The number of nitrogens with one attached hydrogen (secondary N) is 2. The van der Waals surface area contributed by atoms with Gasteiger partial charge in [-0.25, -0.2) is 4.68 Å². The molecule has 0 aliphatic rings. The summed E-state index contributed by atoms with van der Waals surface area (Å²) >= 11 is 6.41. The molecule has 3 rings (SSSR count). The van der Waals surface area contributed by atoms with E-state index in [2.05, 4.69) is 16.0 Å². The number of amides is 2. The van der Waals surface area contributed by atoms with Gasteiger partial charge in [0.1, 0.15) is 16.7 Å². The van der Waals surface area contributed by atoms with E-state index in [1.807, 2.05) is 30.3 Å². The number of halogens is 1. The number of carbonyl (C=O) groups is 2. The average Bonchev–Trinajstić information content (AvgIpc) is 3.16. The smallest absolute Gasteiger partial charge is 0.273 e. The highest BCUT2D eigenvalue weighted by Gasteiger charge is 2.15. The summed E-state index contributed by atoms with van der Waals surface area (Å²) in [6.45, 7) is 5.22. The molecule has 3 aromatic rings. The van der Waals surface area contributed by atoms with Crippen LogP contribution in [0.5, 0.6) is 0 Å². The zero-order valence-corrected chi connectivity index (χ0v) is 16.4. The van der Waals surface area contributed by atoms with Crippen molar-refractivity contribution in [2.24, 2.45) is 0 Å². The molecule has 7 nitrogen and oxygen atoms in total. The van der Waals surface area contributed by atoms with E-state index >= 15 is 0 Å². The van der Waals surface area contributed by atoms with Gasteiger partial charge in [0.15, 0.2) is 0 Å². The standard InChI is InChI=1S/C20H19ClN4O3/c1-12-11-17(14(3)28-12)20(27)23-22-18(26)10-9-16-13(2)24-25(19(16)21)15-7-5-4-6-8-15/h4-11H,1-3H3,(H,22,26)(H,23,27)/b10-9+. The molecular formula is C20H19ClN4O3. The Balaban J connectivity index is 1.67. The lowest BCUT2D eigenvalue weighted by Crippen LogP contribution is -2.40. The molecule has 144 valence electrons. The minimum Gasteiger partial charge on any atom is -0.466 e. The molecule has 2 heterocycles. The molecule has 8 heteroatoms. The van der Waals surface area contributed by atoms with Crippen molar-refractivity contribution in [3.05, 3.63) is 76.0 Å². The topological polar surface area (TPSA) is 89.2 Å². The van der Waals surface area contributed by atoms with Crippen LogP contribution >= 0.6 is 11.6 Å². The van der Waals surface area contributed by atoms with Gasteiger partial charge in [-0.05, 0) is 45.0 Å². The fourth-order valence-corrected chi connectivity index (χ4v) is 3.02. The molecular weight excluding hydrogens is 380 g/mol. The summed E-state index contributed by atoms with van der Waals surface area (Å²) in [5.74, 6) is 0.140. The zero-order chi connectivity index (χ0) is 20.3. The van der Waals surface area contributed by atoms with Crippen LogP contribution in [0.2, 0.25) is 5.15 Å². The third-order valence-electron chi connectivity index (χ3n) is 4.03. The number of hydrogen-bond donors (Lipinski definition) is 2. The van der Waals surface area contributed by atoms with E-state index in [1.165, 1.54) is 6.08 Å². The molecule has 1 aromatic carbocycles. The van der Waals surface area contributed by atoms with Gasteiger partial charge in [-0.1, -0.05) is 29.8 Å². The molecule has 2 N–H and O–H groups in total. The second kappa shape index (κ2) is 8.14. The number of benzene rings is 1. The SMILES string of the molecule is Cc1cc(C(=O)NNC(=O)/C=C/c2c(C)nn(-c3ccccc3)c2Cl)c(C)o1. The molecule has 2 aromatic heterocycles. The van der Waals surface area contributed by atoms with Gasteiger partial charge in [0.05, 0.1) is 16.9 Å². The summed E-state index contributed by atoms with van der Waals surface area (Å²) in [7, 11) is 0. The molecule has 0 aliphatic carbocycles. The van der Waals surface area contributed by atoms with Gasteiger partial charge in [0.25, 0.3) is 11.8 Å². The maximum absolute atomic E-state index is 12.1. The maximum atomic E-state index is 12.1. The number of aromatic nitrogens is 2. The molecule has 0 bridgehead atoms. The Hall–Kier alpha value is -3.32. The monoisotopic (exact) mass is 398 g/mol. The minimum atomic E-state index is -0.505.